The van der Waals surface area contributed by atoms with Crippen LogP contribution in [0, 0.1) is 52.9 Å². The molecule has 0 fully saturated rings. The first-order chi connectivity index (χ1) is 28.1. The van der Waals surface area contributed by atoms with Gasteiger partial charge in [0, 0.05) is 21.5 Å². The maximum atomic E-state index is 10.9. The fourth-order valence-corrected chi connectivity index (χ4v) is 9.09. The highest BCUT2D eigenvalue weighted by Crippen LogP contribution is 2.43. The van der Waals surface area contributed by atoms with Gasteiger partial charge < -0.3 is 9.13 Å². The predicted molar refractivity (Wildman–Crippen MR) is 238 cm³/mol. The van der Waals surface area contributed by atoms with E-state index in [1.807, 2.05) is 26.0 Å². The molecule has 10 aromatic rings. The molecule has 0 saturated heterocycles. The maximum absolute atomic E-state index is 10.9. The molecule has 10 rings (SSSR count). The molecule has 7 aromatic carbocycles. The van der Waals surface area contributed by atoms with E-state index in [2.05, 4.69) is 169 Å². The van der Waals surface area contributed by atoms with Crippen LogP contribution >= 0.6 is 0 Å². The summed E-state index contributed by atoms with van der Waals surface area (Å²) in [4.78, 5) is 14.7. The van der Waals surface area contributed by atoms with E-state index in [1.54, 1.807) is 0 Å². The Hall–Kier alpha value is -7.36. The molecule has 278 valence electrons. The van der Waals surface area contributed by atoms with E-state index >= 15 is 0 Å². The molecule has 0 atom stereocenters. The zero-order valence-electron chi connectivity index (χ0n) is 33.4. The molecule has 6 nitrogen and oxygen atoms in total. The van der Waals surface area contributed by atoms with Crippen molar-refractivity contribution >= 4 is 43.6 Å². The Labute approximate surface area is 337 Å². The Morgan fingerprint density at radius 1 is 0.414 bits per heavy atom. The fraction of sp³-hybridized carbons (Fsp3) is 0.115. The largest absolute Gasteiger partial charge is 0.308 e. The summed E-state index contributed by atoms with van der Waals surface area (Å²) in [6.45, 7) is 12.4. The number of nitrogens with zero attached hydrogens (tertiary/aromatic N) is 6. The molecule has 0 aliphatic heterocycles. The van der Waals surface area contributed by atoms with Gasteiger partial charge in [0.1, 0.15) is 11.6 Å². The Morgan fingerprint density at radius 3 is 1.26 bits per heavy atom. The second-order valence-corrected chi connectivity index (χ2v) is 15.7. The smallest absolute Gasteiger partial charge is 0.167 e. The summed E-state index contributed by atoms with van der Waals surface area (Å²) in [6, 6.07) is 50.4. The molecule has 0 radical (unpaired) electrons. The zero-order chi connectivity index (χ0) is 39.8. The third-order valence-corrected chi connectivity index (χ3v) is 11.2. The van der Waals surface area contributed by atoms with Crippen LogP contribution in [-0.2, 0) is 0 Å². The van der Waals surface area contributed by atoms with Crippen LogP contribution in [0.2, 0.25) is 0 Å². The van der Waals surface area contributed by atoms with Crippen LogP contribution in [0.4, 0.5) is 0 Å². The third-order valence-electron chi connectivity index (χ3n) is 11.2. The number of para-hydroxylation sites is 2. The predicted octanol–water partition coefficient (Wildman–Crippen LogP) is 12.8. The number of aryl methyl sites for hydroxylation is 6. The number of fused-ring (bicyclic) bond motifs is 6. The van der Waals surface area contributed by atoms with Gasteiger partial charge in [-0.15, -0.1) is 0 Å². The van der Waals surface area contributed by atoms with Crippen molar-refractivity contribution in [3.05, 3.63) is 173 Å². The first-order valence-corrected chi connectivity index (χ1v) is 19.7. The first-order valence-electron chi connectivity index (χ1n) is 19.7. The van der Waals surface area contributed by atoms with Gasteiger partial charge in [-0.3, -0.25) is 0 Å². The fourth-order valence-electron chi connectivity index (χ4n) is 9.09. The van der Waals surface area contributed by atoms with Crippen LogP contribution in [0.15, 0.2) is 133 Å². The lowest BCUT2D eigenvalue weighted by molar-refractivity contribution is 0.924. The molecule has 6 heteroatoms. The Kier molecular flexibility index (Phi) is 8.10. The van der Waals surface area contributed by atoms with Crippen LogP contribution in [-0.4, -0.2) is 24.1 Å². The lowest BCUT2D eigenvalue weighted by Gasteiger charge is -2.20. The molecule has 3 aromatic heterocycles. The van der Waals surface area contributed by atoms with Gasteiger partial charge in [-0.05, 0) is 100 Å². The third kappa shape index (κ3) is 5.74. The highest BCUT2D eigenvalue weighted by molar-refractivity contribution is 6.13. The topological polar surface area (TPSA) is 72.3 Å². The molecular weight excluding hydrogens is 709 g/mol. The van der Waals surface area contributed by atoms with Crippen molar-refractivity contribution in [2.75, 3.05) is 0 Å². The minimum atomic E-state index is 0.532. The van der Waals surface area contributed by atoms with E-state index in [9.17, 15) is 5.26 Å². The SMILES string of the molecule is Cc1cc(C)cc(-c2ccc3c4ccccc4n(-c4cc(C#N)cc(-n5c6ccccc6c6ccc(-c7cc(C)cc(C)c7)cc65)c4-c4nc(C)nc(C)n4)c3c2)c1. The minimum absolute atomic E-state index is 0.532. The summed E-state index contributed by atoms with van der Waals surface area (Å²) < 4.78 is 4.61. The van der Waals surface area contributed by atoms with E-state index in [1.165, 1.54) is 22.3 Å². The van der Waals surface area contributed by atoms with E-state index in [0.717, 1.165) is 82.8 Å². The van der Waals surface area contributed by atoms with E-state index < -0.39 is 0 Å². The monoisotopic (exact) mass is 748 g/mol. The summed E-state index contributed by atoms with van der Waals surface area (Å²) in [5.74, 6) is 1.80. The molecule has 0 spiro atoms. The number of hydrogen-bond donors (Lipinski definition) is 0. The van der Waals surface area contributed by atoms with Crippen molar-refractivity contribution in [3.63, 3.8) is 0 Å². The summed E-state index contributed by atoms with van der Waals surface area (Å²) in [6.07, 6.45) is 0. The van der Waals surface area contributed by atoms with Crippen molar-refractivity contribution in [1.29, 1.82) is 5.26 Å². The number of benzene rings is 7. The quantitative estimate of drug-likeness (QED) is 0.176. The zero-order valence-corrected chi connectivity index (χ0v) is 33.4. The molecule has 3 heterocycles. The van der Waals surface area contributed by atoms with Gasteiger partial charge in [0.15, 0.2) is 5.82 Å². The maximum Gasteiger partial charge on any atom is 0.167 e. The summed E-state index contributed by atoms with van der Waals surface area (Å²) >= 11 is 0. The molecule has 0 aliphatic carbocycles. The van der Waals surface area contributed by atoms with Crippen molar-refractivity contribution in [3.8, 4) is 51.1 Å². The Bertz CT molecular complexity index is 3120. The Morgan fingerprint density at radius 2 is 0.828 bits per heavy atom. The second kappa shape index (κ2) is 13.4. The van der Waals surface area contributed by atoms with Crippen molar-refractivity contribution in [2.24, 2.45) is 0 Å². The number of nitriles is 1. The van der Waals surface area contributed by atoms with E-state index in [0.29, 0.717) is 23.0 Å². The van der Waals surface area contributed by atoms with Crippen LogP contribution < -0.4 is 0 Å². The average molecular weight is 749 g/mol. The lowest BCUT2D eigenvalue weighted by atomic mass is 9.99. The number of rotatable bonds is 5. The molecule has 0 amide bonds. The number of aromatic nitrogens is 5. The van der Waals surface area contributed by atoms with Gasteiger partial charge >= 0.3 is 0 Å². The van der Waals surface area contributed by atoms with Gasteiger partial charge in [0.05, 0.1) is 50.6 Å². The van der Waals surface area contributed by atoms with Crippen LogP contribution in [0.5, 0.6) is 0 Å². The summed E-state index contributed by atoms with van der Waals surface area (Å²) in [7, 11) is 0. The van der Waals surface area contributed by atoms with E-state index in [4.69, 9.17) is 9.97 Å². The van der Waals surface area contributed by atoms with Crippen molar-refractivity contribution in [1.82, 2.24) is 24.1 Å². The molecule has 0 aliphatic rings. The average Bonchev–Trinajstić information content (AvgIpc) is 3.71. The number of hydrogen-bond acceptors (Lipinski definition) is 4. The van der Waals surface area contributed by atoms with Crippen molar-refractivity contribution < 1.29 is 0 Å². The molecule has 58 heavy (non-hydrogen) atoms. The standard InChI is InChI=1S/C52H40N6/c1-30-19-31(2)22-39(21-30)37-15-17-43-41-11-7-9-13-45(41)57(47(43)27-37)49-25-36(29-53)26-50(51(49)52-55-34(5)54-35(6)56-52)58-46-14-10-8-12-42(46)44-18-16-38(28-48(44)58)40-23-32(3)20-33(4)24-40/h7-28H,1-6H3. The van der Waals surface area contributed by atoms with Crippen LogP contribution in [0.3, 0.4) is 0 Å². The minimum Gasteiger partial charge on any atom is -0.308 e. The molecule has 0 bridgehead atoms. The Balaban J connectivity index is 1.37. The summed E-state index contributed by atoms with van der Waals surface area (Å²) in [5, 5.41) is 15.4. The van der Waals surface area contributed by atoms with Gasteiger partial charge in [-0.1, -0.05) is 119 Å². The van der Waals surface area contributed by atoms with Gasteiger partial charge in [0.2, 0.25) is 0 Å². The van der Waals surface area contributed by atoms with Gasteiger partial charge in [-0.2, -0.15) is 5.26 Å². The van der Waals surface area contributed by atoms with Crippen LogP contribution in [0.1, 0.15) is 39.5 Å². The summed E-state index contributed by atoms with van der Waals surface area (Å²) in [5.41, 5.74) is 16.5. The van der Waals surface area contributed by atoms with Crippen LogP contribution in [0.25, 0.3) is 88.6 Å². The lowest BCUT2D eigenvalue weighted by Crippen LogP contribution is -2.08. The molecule has 0 saturated carbocycles. The van der Waals surface area contributed by atoms with Gasteiger partial charge in [0.25, 0.3) is 0 Å². The van der Waals surface area contributed by atoms with Crippen molar-refractivity contribution in [2.45, 2.75) is 41.5 Å². The first kappa shape index (κ1) is 35.1. The second-order valence-electron chi connectivity index (χ2n) is 15.7. The molecule has 0 unspecified atom stereocenters. The van der Waals surface area contributed by atoms with Gasteiger partial charge in [-0.25, -0.2) is 15.0 Å². The normalized spacial score (nSPS) is 11.6. The molecular formula is C52H40N6. The highest BCUT2D eigenvalue weighted by atomic mass is 15.1. The van der Waals surface area contributed by atoms with E-state index in [-0.39, 0.29) is 0 Å². The highest BCUT2D eigenvalue weighted by Gasteiger charge is 2.25. The molecule has 0 N–H and O–H groups in total.